The van der Waals surface area contributed by atoms with Crippen LogP contribution in [0.2, 0.25) is 0 Å². The number of carbonyl (C=O) groups excluding carboxylic acids is 1. The molecule has 2 aromatic rings. The van der Waals surface area contributed by atoms with E-state index >= 15 is 0 Å². The fourth-order valence-corrected chi connectivity index (χ4v) is 3.42. The van der Waals surface area contributed by atoms with Crippen LogP contribution in [-0.4, -0.2) is 28.9 Å². The number of halogens is 5. The normalized spacial score (nSPS) is 31.7. The number of carboxylic acids is 1. The van der Waals surface area contributed by atoms with Crippen LogP contribution in [-0.2, 0) is 20.4 Å². The maximum absolute atomic E-state index is 13.0. The van der Waals surface area contributed by atoms with Gasteiger partial charge < -0.3 is 24.1 Å². The van der Waals surface area contributed by atoms with Gasteiger partial charge in [0.25, 0.3) is 0 Å². The van der Waals surface area contributed by atoms with Crippen LogP contribution in [0.25, 0.3) is 0 Å². The highest BCUT2D eigenvalue weighted by atomic mass is 35.5. The van der Waals surface area contributed by atoms with Crippen LogP contribution < -0.4 is 18.9 Å². The van der Waals surface area contributed by atoms with Crippen molar-refractivity contribution in [1.29, 1.82) is 0 Å². The molecular weight excluding hydrogens is 488 g/mol. The van der Waals surface area contributed by atoms with Gasteiger partial charge in [-0.3, -0.25) is 9.59 Å². The predicted molar refractivity (Wildman–Crippen MR) is 106 cm³/mol. The van der Waals surface area contributed by atoms with E-state index in [1.807, 2.05) is 0 Å². The molecule has 0 amide bonds. The van der Waals surface area contributed by atoms with E-state index in [2.05, 4.69) is 18.9 Å². The largest absolute Gasteiger partial charge is 0.586 e. The van der Waals surface area contributed by atoms with E-state index in [-0.39, 0.29) is 22.6 Å². The first-order valence-corrected chi connectivity index (χ1v) is 9.56. The van der Waals surface area contributed by atoms with E-state index in [0.29, 0.717) is 0 Å². The van der Waals surface area contributed by atoms with Gasteiger partial charge in [0.15, 0.2) is 23.0 Å². The smallest absolute Gasteiger partial charge is 0.481 e. The number of aliphatic carboxylic acids is 1. The Labute approximate surface area is 205 Å². The van der Waals surface area contributed by atoms with Crippen molar-refractivity contribution in [3.05, 3.63) is 47.5 Å². The number of carbonyl (C=O) groups is 2. The lowest BCUT2D eigenvalue weighted by Crippen LogP contribution is -2.26. The van der Waals surface area contributed by atoms with Gasteiger partial charge in [0.05, 0.1) is 10.8 Å². The first kappa shape index (κ1) is 14.9. The number of fused-ring (bicyclic) bond motifs is 2. The van der Waals surface area contributed by atoms with Crippen molar-refractivity contribution in [1.82, 2.24) is 0 Å². The standard InChI is InChI=1S/C11H7ClF2O3.C11H8F2O4/c12-9(15)10(3-4-10)6-1-2-7-8(5-6)17-11(13,14)16-7;12-11(13)16-7-2-1-6(5-8(7)17-11)10(3-4-10)9(14)15/h1-2,5H,3-4H2;1-2,5H,3-4H2,(H,14,15)/i2*3D2,4D2. The molecule has 0 unspecified atom stereocenters. The molecule has 12 heteroatoms. The minimum Gasteiger partial charge on any atom is -0.481 e. The molecule has 2 saturated carbocycles. The summed E-state index contributed by atoms with van der Waals surface area (Å²) in [6.45, 7) is 0. The molecule has 4 aliphatic rings. The van der Waals surface area contributed by atoms with Crippen LogP contribution in [0.3, 0.4) is 0 Å². The molecule has 0 bridgehead atoms. The summed E-state index contributed by atoms with van der Waals surface area (Å²) in [6.07, 6.45) is -18.2. The fraction of sp³-hybridized carbons (Fsp3) is 0.364. The van der Waals surface area contributed by atoms with Crippen molar-refractivity contribution in [3.63, 3.8) is 0 Å². The van der Waals surface area contributed by atoms with Crippen LogP contribution in [0, 0.1) is 0 Å². The van der Waals surface area contributed by atoms with Crippen molar-refractivity contribution in [2.75, 3.05) is 0 Å². The summed E-state index contributed by atoms with van der Waals surface area (Å²) >= 11 is 5.40. The lowest BCUT2D eigenvalue weighted by Gasteiger charge is -2.10. The Bertz CT molecular complexity index is 1410. The zero-order valence-electron chi connectivity index (χ0n) is 24.3. The van der Waals surface area contributed by atoms with Crippen molar-refractivity contribution >= 4 is 22.8 Å². The molecule has 7 nitrogen and oxygen atoms in total. The minimum atomic E-state index is -3.89. The molecule has 0 saturated heterocycles. The van der Waals surface area contributed by atoms with Gasteiger partial charge in [0.2, 0.25) is 5.24 Å². The Hall–Kier alpha value is -3.21. The van der Waals surface area contributed by atoms with Gasteiger partial charge in [-0.2, -0.15) is 0 Å². The Kier molecular flexibility index (Phi) is 3.14. The molecule has 180 valence electrons. The van der Waals surface area contributed by atoms with E-state index in [0.717, 1.165) is 36.4 Å². The summed E-state index contributed by atoms with van der Waals surface area (Å²) in [5, 5.41) is 8.03. The second-order valence-electron chi connectivity index (χ2n) is 7.24. The minimum absolute atomic E-state index is 0.183. The molecule has 0 atom stereocenters. The Balaban J connectivity index is 0.000000168. The maximum atomic E-state index is 13.0. The summed E-state index contributed by atoms with van der Waals surface area (Å²) in [7, 11) is 0. The van der Waals surface area contributed by atoms with Gasteiger partial charge in [-0.25, -0.2) is 0 Å². The molecule has 34 heavy (non-hydrogen) atoms. The Morgan fingerprint density at radius 3 is 1.50 bits per heavy atom. The topological polar surface area (TPSA) is 91.3 Å². The van der Waals surface area contributed by atoms with E-state index < -0.39 is 71.6 Å². The van der Waals surface area contributed by atoms with Crippen molar-refractivity contribution < 1.29 is 62.2 Å². The first-order valence-electron chi connectivity index (χ1n) is 13.2. The maximum Gasteiger partial charge on any atom is 0.586 e. The molecule has 0 aromatic heterocycles. The average Bonchev–Trinajstić information content (AvgIpc) is 3.14. The second-order valence-corrected chi connectivity index (χ2v) is 7.58. The van der Waals surface area contributed by atoms with E-state index in [4.69, 9.17) is 22.6 Å². The van der Waals surface area contributed by atoms with E-state index in [1.165, 1.54) is 0 Å². The molecular formula is C22H15ClF4O7. The lowest BCUT2D eigenvalue weighted by molar-refractivity contribution is -0.287. The molecule has 2 aliphatic carbocycles. The van der Waals surface area contributed by atoms with Gasteiger partial charge >= 0.3 is 18.6 Å². The van der Waals surface area contributed by atoms with Crippen LogP contribution in [0.1, 0.15) is 47.6 Å². The van der Waals surface area contributed by atoms with Crippen molar-refractivity contribution in [2.24, 2.45) is 0 Å². The molecule has 0 spiro atoms. The molecule has 2 heterocycles. The number of hydrogen-bond acceptors (Lipinski definition) is 6. The molecule has 2 fully saturated rings. The summed E-state index contributed by atoms with van der Waals surface area (Å²) in [6, 6.07) is 6.03. The zero-order chi connectivity index (χ0) is 31.7. The first-order chi connectivity index (χ1) is 18.9. The SMILES string of the molecule is [2H]C1([2H])C([2H])([2H])C1(C(=O)Cl)c1ccc2c(c1)OC(F)(F)O2.[2H]C1([2H])C([2H])([2H])C1(C(=O)O)c1ccc2c(c1)OC(F)(F)O2. The van der Waals surface area contributed by atoms with E-state index in [9.17, 15) is 32.3 Å². The molecule has 6 rings (SSSR count). The van der Waals surface area contributed by atoms with E-state index in [1.54, 1.807) is 0 Å². The third-order valence-corrected chi connectivity index (χ3v) is 5.32. The highest BCUT2D eigenvalue weighted by Gasteiger charge is 2.53. The summed E-state index contributed by atoms with van der Waals surface area (Å²) in [5.41, 5.74) is -5.23. The van der Waals surface area contributed by atoms with Gasteiger partial charge in [0, 0.05) is 11.0 Å². The van der Waals surface area contributed by atoms with Crippen LogP contribution in [0.5, 0.6) is 23.0 Å². The van der Waals surface area contributed by atoms with Crippen LogP contribution in [0.4, 0.5) is 17.6 Å². The Morgan fingerprint density at radius 2 is 1.15 bits per heavy atom. The molecule has 0 radical (unpaired) electrons. The highest BCUT2D eigenvalue weighted by molar-refractivity contribution is 6.66. The number of carboxylic acid groups (broad SMARTS) is 1. The number of benzene rings is 2. The average molecular weight is 511 g/mol. The van der Waals surface area contributed by atoms with Gasteiger partial charge in [-0.15, -0.1) is 17.6 Å². The monoisotopic (exact) mass is 510 g/mol. The molecule has 1 N–H and O–H groups in total. The molecule has 2 aliphatic heterocycles. The number of alkyl halides is 4. The lowest BCUT2D eigenvalue weighted by atomic mass is 9.96. The van der Waals surface area contributed by atoms with Gasteiger partial charge in [-0.1, -0.05) is 12.1 Å². The number of hydrogen-bond donors (Lipinski definition) is 1. The third kappa shape index (κ3) is 3.77. The van der Waals surface area contributed by atoms with Gasteiger partial charge in [-0.05, 0) is 72.5 Å². The van der Waals surface area contributed by atoms with Crippen molar-refractivity contribution in [3.8, 4) is 23.0 Å². The Morgan fingerprint density at radius 1 is 0.765 bits per heavy atom. The summed E-state index contributed by atoms with van der Waals surface area (Å²) in [5.74, 6) is -3.21. The van der Waals surface area contributed by atoms with Crippen LogP contribution in [0.15, 0.2) is 36.4 Å². The second kappa shape index (κ2) is 7.14. The van der Waals surface area contributed by atoms with Gasteiger partial charge in [0.1, 0.15) is 0 Å². The summed E-state index contributed by atoms with van der Waals surface area (Å²) in [4.78, 5) is 23.1. The quantitative estimate of drug-likeness (QED) is 0.460. The fourth-order valence-electron chi connectivity index (χ4n) is 3.22. The molecule has 2 aromatic carbocycles. The van der Waals surface area contributed by atoms with Crippen molar-refractivity contribution in [2.45, 2.75) is 48.9 Å². The number of ether oxygens (including phenoxy) is 4. The number of rotatable bonds is 4. The predicted octanol–water partition coefficient (Wildman–Crippen LogP) is 4.93. The third-order valence-electron chi connectivity index (χ3n) is 5.03. The highest BCUT2D eigenvalue weighted by Crippen LogP contribution is 2.53. The summed E-state index contributed by atoms with van der Waals surface area (Å²) < 4.78 is 130. The zero-order valence-corrected chi connectivity index (χ0v) is 17.0. The van der Waals surface area contributed by atoms with Crippen LogP contribution >= 0.6 is 11.6 Å².